The maximum absolute atomic E-state index is 13.4. The Balaban J connectivity index is 1.57. The Kier molecular flexibility index (Phi) is 8.85. The summed E-state index contributed by atoms with van der Waals surface area (Å²) in [6.07, 6.45) is 5.66. The zero-order chi connectivity index (χ0) is 33.7. The molecular weight excluding hydrogens is 608 g/mol. The number of imide groups is 2. The van der Waals surface area contributed by atoms with E-state index in [1.165, 1.54) is 66.8 Å². The maximum atomic E-state index is 13.4. The number of H-pyrrole nitrogens is 1. The third kappa shape index (κ3) is 6.56. The number of carbonyl (C=O) groups excluding carboxylic acids is 5. The van der Waals surface area contributed by atoms with Gasteiger partial charge in [0.2, 0.25) is 18.2 Å². The fourth-order valence-electron chi connectivity index (χ4n) is 4.66. The lowest BCUT2D eigenvalue weighted by Crippen LogP contribution is -2.54. The molecule has 1 aliphatic rings. The first-order valence-electron chi connectivity index (χ1n) is 13.7. The van der Waals surface area contributed by atoms with E-state index >= 15 is 0 Å². The van der Waals surface area contributed by atoms with Gasteiger partial charge in [0.1, 0.15) is 11.1 Å². The molecule has 6 amide bonds. The van der Waals surface area contributed by atoms with E-state index in [1.807, 2.05) is 0 Å². The van der Waals surface area contributed by atoms with Crippen LogP contribution in [-0.2, 0) is 14.4 Å². The number of anilines is 2. The van der Waals surface area contributed by atoms with Crippen molar-refractivity contribution >= 4 is 53.2 Å². The number of hydrogen-bond acceptors (Lipinski definition) is 8. The number of nitrogens with one attached hydrogen (secondary N) is 3. The van der Waals surface area contributed by atoms with E-state index in [0.717, 1.165) is 4.57 Å². The number of rotatable bonds is 9. The van der Waals surface area contributed by atoms with Crippen LogP contribution in [0.2, 0.25) is 0 Å². The Labute approximate surface area is 264 Å². The molecule has 5 rings (SSSR count). The second-order valence-electron chi connectivity index (χ2n) is 9.86. The first-order chi connectivity index (χ1) is 22.6. The molecule has 14 nitrogen and oxygen atoms in total. The largest absolute Gasteiger partial charge is 0.494 e. The number of carbonyl (C=O) groups is 5. The van der Waals surface area contributed by atoms with Crippen molar-refractivity contribution in [2.45, 2.75) is 0 Å². The average molecular weight is 633 g/mol. The summed E-state index contributed by atoms with van der Waals surface area (Å²) in [7, 11) is 0. The summed E-state index contributed by atoms with van der Waals surface area (Å²) in [4.78, 5) is 90.3. The highest BCUT2D eigenvalue weighted by molar-refractivity contribution is 6.37. The molecule has 0 bridgehead atoms. The van der Waals surface area contributed by atoms with E-state index in [0.29, 0.717) is 28.1 Å². The van der Waals surface area contributed by atoms with Gasteiger partial charge >= 0.3 is 11.7 Å². The molecule has 6 N–H and O–H groups in total. The van der Waals surface area contributed by atoms with Crippen molar-refractivity contribution in [2.75, 3.05) is 10.2 Å². The van der Waals surface area contributed by atoms with Gasteiger partial charge in [-0.25, -0.2) is 19.1 Å². The normalized spacial score (nSPS) is 14.4. The SMILES string of the molecule is NC(=O)c1cccc(N2C(=O)NC(=O)C(=CC=C(C=Cc3c(O)[nH]c(=O)n(-c4cccc(NC=O)c4)c3=O)c3ccccc3)C2=O)c1. The van der Waals surface area contributed by atoms with Gasteiger partial charge in [-0.1, -0.05) is 54.6 Å². The number of barbiturate groups is 1. The van der Waals surface area contributed by atoms with Gasteiger partial charge in [0.05, 0.1) is 11.4 Å². The smallest absolute Gasteiger partial charge is 0.335 e. The topological polar surface area (TPSA) is 214 Å². The molecule has 4 aromatic rings. The Bertz CT molecular complexity index is 2160. The summed E-state index contributed by atoms with van der Waals surface area (Å²) in [5.41, 5.74) is 4.19. The summed E-state index contributed by atoms with van der Waals surface area (Å²) in [5, 5.41) is 15.0. The van der Waals surface area contributed by atoms with Crippen LogP contribution in [0.15, 0.2) is 112 Å². The number of aromatic nitrogens is 2. The van der Waals surface area contributed by atoms with E-state index in [4.69, 9.17) is 5.73 Å². The molecule has 0 atom stereocenters. The van der Waals surface area contributed by atoms with Crippen LogP contribution in [-0.4, -0.2) is 44.8 Å². The van der Waals surface area contributed by atoms with Crippen LogP contribution in [0, 0.1) is 0 Å². The van der Waals surface area contributed by atoms with Gasteiger partial charge in [0, 0.05) is 11.3 Å². The number of aromatic amines is 1. The fourth-order valence-corrected chi connectivity index (χ4v) is 4.66. The van der Waals surface area contributed by atoms with Crippen LogP contribution in [0.5, 0.6) is 5.88 Å². The van der Waals surface area contributed by atoms with Gasteiger partial charge in [-0.05, 0) is 59.7 Å². The monoisotopic (exact) mass is 632 g/mol. The van der Waals surface area contributed by atoms with E-state index in [-0.39, 0.29) is 22.5 Å². The molecule has 0 spiro atoms. The van der Waals surface area contributed by atoms with Crippen LogP contribution in [0.25, 0.3) is 17.3 Å². The maximum Gasteiger partial charge on any atom is 0.335 e. The quantitative estimate of drug-likeness (QED) is 0.0796. The highest BCUT2D eigenvalue weighted by Gasteiger charge is 2.36. The summed E-state index contributed by atoms with van der Waals surface area (Å²) in [5.74, 6) is -3.44. The molecule has 0 radical (unpaired) electrons. The second-order valence-corrected chi connectivity index (χ2v) is 9.86. The van der Waals surface area contributed by atoms with Crippen molar-refractivity contribution in [1.82, 2.24) is 14.9 Å². The average Bonchev–Trinajstić information content (AvgIpc) is 3.04. The number of nitrogens with two attached hydrogens (primary N) is 1. The highest BCUT2D eigenvalue weighted by atomic mass is 16.3. The molecule has 14 heteroatoms. The van der Waals surface area contributed by atoms with Crippen molar-refractivity contribution in [3.05, 3.63) is 140 Å². The Morgan fingerprint density at radius 1 is 0.872 bits per heavy atom. The lowest BCUT2D eigenvalue weighted by Gasteiger charge is -2.26. The zero-order valence-electron chi connectivity index (χ0n) is 24.2. The third-order valence-electron chi connectivity index (χ3n) is 6.90. The molecule has 0 unspecified atom stereocenters. The van der Waals surface area contributed by atoms with Gasteiger partial charge in [0.15, 0.2) is 0 Å². The predicted molar refractivity (Wildman–Crippen MR) is 172 cm³/mol. The standard InChI is InChI=1S/C33H24N6O8/c34-27(41)21-8-4-10-23(16-21)38-30(44)25(28(42)36-32(38)46)14-12-20(19-6-2-1-3-7-19)13-15-26-29(43)37-33(47)39(31(26)45)24-11-5-9-22(17-24)35-18-40/h1-18,43H,(H2,34,41)(H,35,40)(H,37,47)(H,36,42,46). The van der Waals surface area contributed by atoms with Gasteiger partial charge in [-0.3, -0.25) is 34.3 Å². The Morgan fingerprint density at radius 3 is 2.30 bits per heavy atom. The second kappa shape index (κ2) is 13.3. The van der Waals surface area contributed by atoms with Crippen molar-refractivity contribution in [3.8, 4) is 11.6 Å². The number of nitrogens with zero attached hydrogens (tertiary/aromatic N) is 2. The minimum absolute atomic E-state index is 0.00617. The van der Waals surface area contributed by atoms with Crippen LogP contribution in [0.3, 0.4) is 0 Å². The number of aromatic hydroxyl groups is 1. The predicted octanol–water partition coefficient (Wildman–Crippen LogP) is 2.20. The van der Waals surface area contributed by atoms with Crippen LogP contribution in [0.1, 0.15) is 21.5 Å². The van der Waals surface area contributed by atoms with Gasteiger partial charge < -0.3 is 16.2 Å². The van der Waals surface area contributed by atoms with Crippen molar-refractivity contribution in [3.63, 3.8) is 0 Å². The molecule has 234 valence electrons. The molecule has 1 aromatic heterocycles. The lowest BCUT2D eigenvalue weighted by molar-refractivity contribution is -0.122. The molecule has 2 heterocycles. The van der Waals surface area contributed by atoms with E-state index < -0.39 is 46.5 Å². The van der Waals surface area contributed by atoms with Crippen molar-refractivity contribution in [2.24, 2.45) is 5.73 Å². The van der Waals surface area contributed by atoms with Gasteiger partial charge in [-0.2, -0.15) is 0 Å². The zero-order valence-corrected chi connectivity index (χ0v) is 24.2. The molecule has 0 saturated carbocycles. The van der Waals surface area contributed by atoms with Gasteiger partial charge in [0.25, 0.3) is 17.4 Å². The van der Waals surface area contributed by atoms with Crippen LogP contribution in [0.4, 0.5) is 16.2 Å². The molecule has 1 saturated heterocycles. The number of allylic oxidation sites excluding steroid dienone is 4. The summed E-state index contributed by atoms with van der Waals surface area (Å²) in [6.45, 7) is 0. The third-order valence-corrected chi connectivity index (χ3v) is 6.90. The minimum atomic E-state index is -1.02. The van der Waals surface area contributed by atoms with E-state index in [2.05, 4.69) is 15.6 Å². The highest BCUT2D eigenvalue weighted by Crippen LogP contribution is 2.24. The number of hydrogen-bond donors (Lipinski definition) is 5. The summed E-state index contributed by atoms with van der Waals surface area (Å²) < 4.78 is 0.771. The molecule has 47 heavy (non-hydrogen) atoms. The van der Waals surface area contributed by atoms with Crippen LogP contribution >= 0.6 is 0 Å². The molecular formula is C33H24N6O8. The molecule has 0 aliphatic carbocycles. The van der Waals surface area contributed by atoms with E-state index in [9.17, 15) is 38.7 Å². The lowest BCUT2D eigenvalue weighted by atomic mass is 10.0. The van der Waals surface area contributed by atoms with Gasteiger partial charge in [-0.15, -0.1) is 0 Å². The van der Waals surface area contributed by atoms with Crippen LogP contribution < -0.4 is 32.5 Å². The number of primary amides is 1. The number of amides is 6. The van der Waals surface area contributed by atoms with E-state index in [1.54, 1.807) is 36.4 Å². The number of benzene rings is 3. The number of urea groups is 1. The minimum Gasteiger partial charge on any atom is -0.494 e. The Morgan fingerprint density at radius 2 is 1.57 bits per heavy atom. The first kappa shape index (κ1) is 31.3. The molecule has 3 aromatic carbocycles. The molecule has 1 aliphatic heterocycles. The van der Waals surface area contributed by atoms with Crippen molar-refractivity contribution < 1.29 is 29.1 Å². The summed E-state index contributed by atoms with van der Waals surface area (Å²) >= 11 is 0. The molecule has 1 fully saturated rings. The van der Waals surface area contributed by atoms with Crippen molar-refractivity contribution in [1.29, 1.82) is 0 Å². The fraction of sp³-hybridized carbons (Fsp3) is 0. The summed E-state index contributed by atoms with van der Waals surface area (Å²) in [6, 6.07) is 19.0. The first-order valence-corrected chi connectivity index (χ1v) is 13.7. The Hall–Kier alpha value is -7.09.